The van der Waals surface area contributed by atoms with Gasteiger partial charge in [-0.05, 0) is 12.1 Å². The zero-order chi connectivity index (χ0) is 14.3. The third kappa shape index (κ3) is 9.42. The largest absolute Gasteiger partial charge is 0.502 e. The van der Waals surface area contributed by atoms with E-state index in [2.05, 4.69) is 6.58 Å². The van der Waals surface area contributed by atoms with E-state index in [1.165, 1.54) is 6.26 Å². The molecular formula is C16H24O4. The fourth-order valence-corrected chi connectivity index (χ4v) is 1.52. The predicted molar refractivity (Wildman–Crippen MR) is 79.0 cm³/mol. The molecule has 0 N–H and O–H groups in total. The van der Waals surface area contributed by atoms with Crippen LogP contribution in [-0.2, 0) is 14.2 Å². The molecule has 112 valence electrons. The number of hydrogen-bond acceptors (Lipinski definition) is 4. The van der Waals surface area contributed by atoms with Crippen molar-refractivity contribution >= 4 is 0 Å². The fraction of sp³-hybridized carbons (Fsp3) is 0.500. The lowest BCUT2D eigenvalue weighted by Crippen LogP contribution is -2.09. The van der Waals surface area contributed by atoms with Crippen molar-refractivity contribution in [2.24, 2.45) is 0 Å². The lowest BCUT2D eigenvalue weighted by atomic mass is 10.3. The molecule has 4 nitrogen and oxygen atoms in total. The van der Waals surface area contributed by atoms with Crippen LogP contribution in [0.5, 0.6) is 5.75 Å². The lowest BCUT2D eigenvalue weighted by Gasteiger charge is -2.07. The van der Waals surface area contributed by atoms with Crippen LogP contribution in [0.4, 0.5) is 0 Å². The highest BCUT2D eigenvalue weighted by molar-refractivity contribution is 5.20. The summed E-state index contributed by atoms with van der Waals surface area (Å²) >= 11 is 0. The Labute approximate surface area is 121 Å². The molecule has 4 heteroatoms. The number of benzene rings is 1. The van der Waals surface area contributed by atoms with Gasteiger partial charge in [0.25, 0.3) is 0 Å². The van der Waals surface area contributed by atoms with Gasteiger partial charge in [-0.1, -0.05) is 24.8 Å². The SMILES string of the molecule is C=COCCCOCCOCCCOc1ccccc1. The minimum atomic E-state index is 0.619. The molecule has 0 fully saturated rings. The molecule has 0 spiro atoms. The van der Waals surface area contributed by atoms with Gasteiger partial charge in [-0.15, -0.1) is 0 Å². The van der Waals surface area contributed by atoms with Gasteiger partial charge >= 0.3 is 0 Å². The summed E-state index contributed by atoms with van der Waals surface area (Å²) in [5.41, 5.74) is 0. The minimum Gasteiger partial charge on any atom is -0.502 e. The van der Waals surface area contributed by atoms with E-state index in [9.17, 15) is 0 Å². The smallest absolute Gasteiger partial charge is 0.119 e. The molecule has 0 aliphatic carbocycles. The molecule has 20 heavy (non-hydrogen) atoms. The van der Waals surface area contributed by atoms with Gasteiger partial charge in [-0.3, -0.25) is 0 Å². The molecule has 0 aliphatic rings. The van der Waals surface area contributed by atoms with Gasteiger partial charge in [-0.2, -0.15) is 0 Å². The first kappa shape index (κ1) is 16.5. The highest BCUT2D eigenvalue weighted by Crippen LogP contribution is 2.08. The highest BCUT2D eigenvalue weighted by atomic mass is 16.5. The van der Waals surface area contributed by atoms with Gasteiger partial charge in [0, 0.05) is 26.1 Å². The standard InChI is InChI=1S/C16H24O4/c1-2-17-10-6-11-18-14-15-19-12-7-13-20-16-8-4-3-5-9-16/h2-5,8-9H,1,6-7,10-15H2. The molecule has 0 aliphatic heterocycles. The Morgan fingerprint density at radius 3 is 2.10 bits per heavy atom. The Morgan fingerprint density at radius 2 is 1.45 bits per heavy atom. The molecule has 1 aromatic carbocycles. The van der Waals surface area contributed by atoms with E-state index in [1.807, 2.05) is 30.3 Å². The Bertz CT molecular complexity index is 327. The third-order valence-electron chi connectivity index (χ3n) is 2.49. The summed E-state index contributed by atoms with van der Waals surface area (Å²) in [5, 5.41) is 0. The number of ether oxygens (including phenoxy) is 4. The third-order valence-corrected chi connectivity index (χ3v) is 2.49. The normalized spacial score (nSPS) is 10.2. The molecule has 0 atom stereocenters. The van der Waals surface area contributed by atoms with Crippen molar-refractivity contribution in [1.29, 1.82) is 0 Å². The van der Waals surface area contributed by atoms with Crippen LogP contribution >= 0.6 is 0 Å². The second-order valence-corrected chi connectivity index (χ2v) is 4.13. The van der Waals surface area contributed by atoms with Crippen LogP contribution in [0, 0.1) is 0 Å². The van der Waals surface area contributed by atoms with E-state index < -0.39 is 0 Å². The first-order valence-corrected chi connectivity index (χ1v) is 6.99. The topological polar surface area (TPSA) is 36.9 Å². The van der Waals surface area contributed by atoms with E-state index in [1.54, 1.807) is 0 Å². The van der Waals surface area contributed by atoms with Crippen LogP contribution in [0.25, 0.3) is 0 Å². The van der Waals surface area contributed by atoms with Crippen LogP contribution in [0.15, 0.2) is 43.2 Å². The summed E-state index contributed by atoms with van der Waals surface area (Å²) in [5.74, 6) is 0.901. The number of hydrogen-bond donors (Lipinski definition) is 0. The summed E-state index contributed by atoms with van der Waals surface area (Å²) in [4.78, 5) is 0. The van der Waals surface area contributed by atoms with Gasteiger partial charge in [-0.25, -0.2) is 0 Å². The first-order valence-electron chi connectivity index (χ1n) is 6.99. The van der Waals surface area contributed by atoms with E-state index >= 15 is 0 Å². The molecule has 0 amide bonds. The quantitative estimate of drug-likeness (QED) is 0.411. The zero-order valence-electron chi connectivity index (χ0n) is 12.0. The van der Waals surface area contributed by atoms with Crippen molar-refractivity contribution in [3.8, 4) is 5.75 Å². The highest BCUT2D eigenvalue weighted by Gasteiger charge is 1.93. The molecule has 0 saturated carbocycles. The van der Waals surface area contributed by atoms with Crippen LogP contribution in [0.3, 0.4) is 0 Å². The van der Waals surface area contributed by atoms with Crippen LogP contribution in [0.1, 0.15) is 12.8 Å². The Hall–Kier alpha value is -1.52. The molecule has 0 heterocycles. The van der Waals surface area contributed by atoms with E-state index in [0.29, 0.717) is 39.6 Å². The van der Waals surface area contributed by atoms with E-state index in [4.69, 9.17) is 18.9 Å². The van der Waals surface area contributed by atoms with Gasteiger partial charge in [0.15, 0.2) is 0 Å². The second-order valence-electron chi connectivity index (χ2n) is 4.13. The van der Waals surface area contributed by atoms with Crippen molar-refractivity contribution in [3.05, 3.63) is 43.2 Å². The van der Waals surface area contributed by atoms with Crippen LogP contribution in [0.2, 0.25) is 0 Å². The molecule has 1 rings (SSSR count). The van der Waals surface area contributed by atoms with E-state index in [-0.39, 0.29) is 0 Å². The Kier molecular flexibility index (Phi) is 10.3. The Balaban J connectivity index is 1.78. The number of para-hydroxylation sites is 1. The molecule has 0 unspecified atom stereocenters. The molecule has 0 aromatic heterocycles. The van der Waals surface area contributed by atoms with Gasteiger partial charge in [0.1, 0.15) is 5.75 Å². The lowest BCUT2D eigenvalue weighted by molar-refractivity contribution is 0.0382. The average Bonchev–Trinajstić information content (AvgIpc) is 2.49. The maximum atomic E-state index is 5.56. The summed E-state index contributed by atoms with van der Waals surface area (Å²) in [7, 11) is 0. The molecular weight excluding hydrogens is 256 g/mol. The average molecular weight is 280 g/mol. The second kappa shape index (κ2) is 12.5. The van der Waals surface area contributed by atoms with Crippen molar-refractivity contribution in [1.82, 2.24) is 0 Å². The van der Waals surface area contributed by atoms with Gasteiger partial charge < -0.3 is 18.9 Å². The predicted octanol–water partition coefficient (Wildman–Crippen LogP) is 3.04. The van der Waals surface area contributed by atoms with E-state index in [0.717, 1.165) is 18.6 Å². The molecule has 0 saturated heterocycles. The maximum absolute atomic E-state index is 5.56. The zero-order valence-corrected chi connectivity index (χ0v) is 12.0. The van der Waals surface area contributed by atoms with Crippen molar-refractivity contribution in [2.45, 2.75) is 12.8 Å². The molecule has 0 bridgehead atoms. The van der Waals surface area contributed by atoms with Crippen molar-refractivity contribution < 1.29 is 18.9 Å². The van der Waals surface area contributed by atoms with Crippen molar-refractivity contribution in [3.63, 3.8) is 0 Å². The Morgan fingerprint density at radius 1 is 0.800 bits per heavy atom. The summed E-state index contributed by atoms with van der Waals surface area (Å²) in [6.07, 6.45) is 3.19. The minimum absolute atomic E-state index is 0.619. The molecule has 1 aromatic rings. The summed E-state index contributed by atoms with van der Waals surface area (Å²) in [6, 6.07) is 9.79. The van der Waals surface area contributed by atoms with Crippen LogP contribution in [-0.4, -0.2) is 39.6 Å². The molecule has 0 radical (unpaired) electrons. The van der Waals surface area contributed by atoms with Crippen LogP contribution < -0.4 is 4.74 Å². The maximum Gasteiger partial charge on any atom is 0.119 e. The van der Waals surface area contributed by atoms with Crippen molar-refractivity contribution in [2.75, 3.05) is 39.6 Å². The first-order chi connectivity index (χ1) is 9.93. The van der Waals surface area contributed by atoms with Gasteiger partial charge in [0.2, 0.25) is 0 Å². The monoisotopic (exact) mass is 280 g/mol. The summed E-state index contributed by atoms with van der Waals surface area (Å²) in [6.45, 7) is 7.41. The number of rotatable bonds is 13. The summed E-state index contributed by atoms with van der Waals surface area (Å²) < 4.78 is 21.4. The fourth-order valence-electron chi connectivity index (χ4n) is 1.52. The van der Waals surface area contributed by atoms with Gasteiger partial charge in [0.05, 0.1) is 32.7 Å².